The second kappa shape index (κ2) is 5.61. The van der Waals surface area contributed by atoms with Crippen LogP contribution in [0.5, 0.6) is 5.75 Å². The molecule has 0 aromatic heterocycles. The van der Waals surface area contributed by atoms with E-state index in [0.29, 0.717) is 6.54 Å². The Morgan fingerprint density at radius 1 is 1.13 bits per heavy atom. The van der Waals surface area contributed by atoms with Gasteiger partial charge in [-0.3, -0.25) is 4.79 Å². The average molecular weight is 308 g/mol. The average Bonchev–Trinajstić information content (AvgIpc) is 2.60. The lowest BCUT2D eigenvalue weighted by Crippen LogP contribution is -2.36. The fourth-order valence-corrected chi connectivity index (χ4v) is 3.60. The van der Waals surface area contributed by atoms with E-state index in [0.717, 1.165) is 54.7 Å². The molecular formula is C19H20N2O2. The molecule has 0 spiro atoms. The van der Waals surface area contributed by atoms with E-state index in [4.69, 9.17) is 0 Å². The maximum Gasteiger partial charge on any atom is 0.254 e. The fraction of sp³-hybridized carbons (Fsp3) is 0.316. The minimum Gasteiger partial charge on any atom is -0.508 e. The second-order valence-electron chi connectivity index (χ2n) is 6.29. The molecule has 1 amide bonds. The van der Waals surface area contributed by atoms with Crippen molar-refractivity contribution >= 4 is 11.6 Å². The molecule has 0 saturated heterocycles. The Morgan fingerprint density at radius 2 is 2.04 bits per heavy atom. The van der Waals surface area contributed by atoms with Crippen molar-refractivity contribution in [2.75, 3.05) is 18.4 Å². The van der Waals surface area contributed by atoms with E-state index in [-0.39, 0.29) is 11.7 Å². The molecule has 0 fully saturated rings. The first kappa shape index (κ1) is 14.1. The summed E-state index contributed by atoms with van der Waals surface area (Å²) in [5.41, 5.74) is 5.33. The monoisotopic (exact) mass is 308 g/mol. The van der Waals surface area contributed by atoms with E-state index in [2.05, 4.69) is 11.4 Å². The summed E-state index contributed by atoms with van der Waals surface area (Å²) in [4.78, 5) is 14.9. The molecule has 0 bridgehead atoms. The van der Waals surface area contributed by atoms with Crippen molar-refractivity contribution in [1.29, 1.82) is 0 Å². The van der Waals surface area contributed by atoms with Gasteiger partial charge in [-0.1, -0.05) is 12.1 Å². The van der Waals surface area contributed by atoms with Crippen LogP contribution in [0.25, 0.3) is 0 Å². The van der Waals surface area contributed by atoms with E-state index in [1.54, 1.807) is 12.1 Å². The number of carbonyl (C=O) groups excluding carboxylic acids is 1. The lowest BCUT2D eigenvalue weighted by molar-refractivity contribution is 0.0733. The number of phenols is 1. The summed E-state index contributed by atoms with van der Waals surface area (Å²) in [5.74, 6) is 0.360. The largest absolute Gasteiger partial charge is 0.508 e. The van der Waals surface area contributed by atoms with Crippen LogP contribution < -0.4 is 5.32 Å². The Kier molecular flexibility index (Phi) is 3.45. The number of benzene rings is 2. The Morgan fingerprint density at radius 3 is 2.96 bits per heavy atom. The molecule has 2 aromatic carbocycles. The van der Waals surface area contributed by atoms with Crippen LogP contribution in [0.15, 0.2) is 36.4 Å². The molecule has 4 nitrogen and oxygen atoms in total. The predicted octanol–water partition coefficient (Wildman–Crippen LogP) is 2.95. The first-order valence-electron chi connectivity index (χ1n) is 8.18. The molecule has 2 N–H and O–H groups in total. The van der Waals surface area contributed by atoms with Gasteiger partial charge in [0.05, 0.1) is 0 Å². The summed E-state index contributed by atoms with van der Waals surface area (Å²) in [6.45, 7) is 2.27. The van der Waals surface area contributed by atoms with Crippen LogP contribution in [0, 0.1) is 0 Å². The zero-order valence-electron chi connectivity index (χ0n) is 13.0. The standard InChI is InChI=1S/C19H20N2O2/c22-15-7-6-13-8-10-21(12-14(13)11-15)19(23)17-3-1-5-18-16(17)4-2-9-20-18/h1,3,5-7,11,20,22H,2,4,8-10,12H2. The minimum atomic E-state index is 0.0968. The van der Waals surface area contributed by atoms with Crippen molar-refractivity contribution < 1.29 is 9.90 Å². The number of anilines is 1. The van der Waals surface area contributed by atoms with Crippen LogP contribution >= 0.6 is 0 Å². The minimum absolute atomic E-state index is 0.0968. The van der Waals surface area contributed by atoms with Crippen LogP contribution in [-0.4, -0.2) is 29.0 Å². The smallest absolute Gasteiger partial charge is 0.254 e. The molecule has 2 aromatic rings. The molecule has 0 saturated carbocycles. The zero-order chi connectivity index (χ0) is 15.8. The molecule has 4 rings (SSSR count). The molecule has 0 unspecified atom stereocenters. The Balaban J connectivity index is 1.63. The molecular weight excluding hydrogens is 288 g/mol. The van der Waals surface area contributed by atoms with Crippen LogP contribution in [0.2, 0.25) is 0 Å². The van der Waals surface area contributed by atoms with Crippen molar-refractivity contribution in [3.63, 3.8) is 0 Å². The number of aromatic hydroxyl groups is 1. The maximum atomic E-state index is 13.0. The summed E-state index contributed by atoms with van der Waals surface area (Å²) in [7, 11) is 0. The number of rotatable bonds is 1. The highest BCUT2D eigenvalue weighted by molar-refractivity contribution is 5.97. The summed E-state index contributed by atoms with van der Waals surface area (Å²) in [6.07, 6.45) is 2.86. The van der Waals surface area contributed by atoms with E-state index in [9.17, 15) is 9.90 Å². The Labute approximate surface area is 135 Å². The number of fused-ring (bicyclic) bond motifs is 2. The van der Waals surface area contributed by atoms with Crippen LogP contribution in [-0.2, 0) is 19.4 Å². The fourth-order valence-electron chi connectivity index (χ4n) is 3.60. The van der Waals surface area contributed by atoms with Crippen LogP contribution in [0.1, 0.15) is 33.5 Å². The first-order valence-corrected chi connectivity index (χ1v) is 8.18. The van der Waals surface area contributed by atoms with Gasteiger partial charge >= 0.3 is 0 Å². The third-order valence-corrected chi connectivity index (χ3v) is 4.81. The van der Waals surface area contributed by atoms with Crippen molar-refractivity contribution in [2.45, 2.75) is 25.8 Å². The second-order valence-corrected chi connectivity index (χ2v) is 6.29. The van der Waals surface area contributed by atoms with Crippen LogP contribution in [0.3, 0.4) is 0 Å². The van der Waals surface area contributed by atoms with Gasteiger partial charge in [-0.2, -0.15) is 0 Å². The van der Waals surface area contributed by atoms with E-state index in [1.165, 1.54) is 5.56 Å². The third-order valence-electron chi connectivity index (χ3n) is 4.81. The molecule has 0 atom stereocenters. The highest BCUT2D eigenvalue weighted by Gasteiger charge is 2.25. The Bertz CT molecular complexity index is 770. The van der Waals surface area contributed by atoms with Gasteiger partial charge < -0.3 is 15.3 Å². The van der Waals surface area contributed by atoms with Gasteiger partial charge in [-0.25, -0.2) is 0 Å². The first-order chi connectivity index (χ1) is 11.2. The SMILES string of the molecule is O=C(c1cccc2c1CCCN2)N1CCc2ccc(O)cc2C1. The molecule has 4 heteroatoms. The van der Waals surface area contributed by atoms with Crippen molar-refractivity contribution in [3.8, 4) is 5.75 Å². The molecule has 0 radical (unpaired) electrons. The molecule has 23 heavy (non-hydrogen) atoms. The number of hydrogen-bond acceptors (Lipinski definition) is 3. The van der Waals surface area contributed by atoms with E-state index < -0.39 is 0 Å². The quantitative estimate of drug-likeness (QED) is 0.851. The van der Waals surface area contributed by atoms with Gasteiger partial charge in [-0.15, -0.1) is 0 Å². The summed E-state index contributed by atoms with van der Waals surface area (Å²) >= 11 is 0. The third kappa shape index (κ3) is 2.54. The number of amides is 1. The van der Waals surface area contributed by atoms with Crippen molar-refractivity contribution in [1.82, 2.24) is 4.90 Å². The highest BCUT2D eigenvalue weighted by Crippen LogP contribution is 2.29. The van der Waals surface area contributed by atoms with Gasteiger partial charge in [0, 0.05) is 30.9 Å². The maximum absolute atomic E-state index is 13.0. The molecule has 2 heterocycles. The van der Waals surface area contributed by atoms with Gasteiger partial charge in [0.25, 0.3) is 5.91 Å². The summed E-state index contributed by atoms with van der Waals surface area (Å²) in [6, 6.07) is 11.4. The number of hydrogen-bond donors (Lipinski definition) is 2. The molecule has 118 valence electrons. The number of carbonyl (C=O) groups is 1. The number of nitrogens with zero attached hydrogens (tertiary/aromatic N) is 1. The molecule has 2 aliphatic heterocycles. The van der Waals surface area contributed by atoms with Gasteiger partial charge in [0.1, 0.15) is 5.75 Å². The zero-order valence-corrected chi connectivity index (χ0v) is 13.0. The Hall–Kier alpha value is -2.49. The van der Waals surface area contributed by atoms with Crippen LogP contribution in [0.4, 0.5) is 5.69 Å². The normalized spacial score (nSPS) is 16.3. The van der Waals surface area contributed by atoms with Crippen molar-refractivity contribution in [2.24, 2.45) is 0 Å². The van der Waals surface area contributed by atoms with Gasteiger partial charge in [-0.05, 0) is 60.2 Å². The summed E-state index contributed by atoms with van der Waals surface area (Å²) < 4.78 is 0. The lowest BCUT2D eigenvalue weighted by Gasteiger charge is -2.30. The van der Waals surface area contributed by atoms with E-state index >= 15 is 0 Å². The number of nitrogens with one attached hydrogen (secondary N) is 1. The predicted molar refractivity (Wildman–Crippen MR) is 89.8 cm³/mol. The topological polar surface area (TPSA) is 52.6 Å². The lowest BCUT2D eigenvalue weighted by atomic mass is 9.95. The van der Waals surface area contributed by atoms with E-state index in [1.807, 2.05) is 23.1 Å². The highest BCUT2D eigenvalue weighted by atomic mass is 16.3. The van der Waals surface area contributed by atoms with Crippen molar-refractivity contribution in [3.05, 3.63) is 58.7 Å². The molecule has 2 aliphatic rings. The molecule has 0 aliphatic carbocycles. The van der Waals surface area contributed by atoms with Gasteiger partial charge in [0.2, 0.25) is 0 Å². The van der Waals surface area contributed by atoms with Gasteiger partial charge in [0.15, 0.2) is 0 Å². The number of phenolic OH excluding ortho intramolecular Hbond substituents is 1. The summed E-state index contributed by atoms with van der Waals surface area (Å²) in [5, 5.41) is 13.1.